The molecule has 1 heterocycles. The lowest BCUT2D eigenvalue weighted by molar-refractivity contribution is -0.141. The highest BCUT2D eigenvalue weighted by molar-refractivity contribution is 7.89. The third-order valence-corrected chi connectivity index (χ3v) is 5.09. The smallest absolute Gasteiger partial charge is 0.308 e. The fourth-order valence-electron chi connectivity index (χ4n) is 2.23. The second kappa shape index (κ2) is 5.44. The number of pyridine rings is 1. The molecule has 1 aliphatic rings. The lowest BCUT2D eigenvalue weighted by Crippen LogP contribution is -2.40. The van der Waals surface area contributed by atoms with Gasteiger partial charge in [-0.15, -0.1) is 0 Å². The summed E-state index contributed by atoms with van der Waals surface area (Å²) in [6.45, 7) is 0. The van der Waals surface area contributed by atoms with Gasteiger partial charge in [-0.2, -0.15) is 0 Å². The van der Waals surface area contributed by atoms with Crippen molar-refractivity contribution >= 4 is 27.6 Å². The van der Waals surface area contributed by atoms with Gasteiger partial charge in [0.25, 0.3) is 0 Å². The van der Waals surface area contributed by atoms with Crippen molar-refractivity contribution in [3.05, 3.63) is 23.5 Å². The van der Waals surface area contributed by atoms with Crippen LogP contribution in [0.15, 0.2) is 23.2 Å². The number of nitrogens with zero attached hydrogens (tertiary/aromatic N) is 1. The number of hydrogen-bond donors (Lipinski definition) is 2. The van der Waals surface area contributed by atoms with Crippen molar-refractivity contribution in [1.29, 1.82) is 0 Å². The molecule has 2 rings (SSSR count). The van der Waals surface area contributed by atoms with Gasteiger partial charge in [0.2, 0.25) is 10.0 Å². The van der Waals surface area contributed by atoms with E-state index in [1.54, 1.807) is 0 Å². The number of sulfonamides is 1. The minimum Gasteiger partial charge on any atom is -0.481 e. The first-order valence-electron chi connectivity index (χ1n) is 5.77. The predicted molar refractivity (Wildman–Crippen MR) is 68.3 cm³/mol. The maximum Gasteiger partial charge on any atom is 0.308 e. The molecule has 19 heavy (non-hydrogen) atoms. The van der Waals surface area contributed by atoms with Crippen LogP contribution in [0, 0.1) is 5.92 Å². The number of carboxylic acids is 1. The molecule has 6 nitrogen and oxygen atoms in total. The van der Waals surface area contributed by atoms with Crippen molar-refractivity contribution in [3.8, 4) is 0 Å². The zero-order chi connectivity index (χ0) is 14.0. The molecule has 1 fully saturated rings. The van der Waals surface area contributed by atoms with E-state index in [9.17, 15) is 13.2 Å². The fourth-order valence-corrected chi connectivity index (χ4v) is 4.00. The van der Waals surface area contributed by atoms with Gasteiger partial charge in [0, 0.05) is 12.2 Å². The number of nitrogens with one attached hydrogen (secondary N) is 1. The summed E-state index contributed by atoms with van der Waals surface area (Å²) in [6.07, 6.45) is 3.05. The Labute approximate surface area is 115 Å². The average molecular weight is 305 g/mol. The third-order valence-electron chi connectivity index (χ3n) is 3.15. The highest BCUT2D eigenvalue weighted by Crippen LogP contribution is 2.28. The van der Waals surface area contributed by atoms with Crippen LogP contribution in [0.2, 0.25) is 5.15 Å². The molecule has 104 valence electrons. The topological polar surface area (TPSA) is 96.4 Å². The van der Waals surface area contributed by atoms with Crippen molar-refractivity contribution in [2.24, 2.45) is 5.92 Å². The standard InChI is InChI=1S/C11H13ClN2O4S/c12-10-9(5-2-6-13-10)19(17,18)14-8-4-1-3-7(8)11(15)16/h2,5-8,14H,1,3-4H2,(H,15,16). The predicted octanol–water partition coefficient (Wildman–Crippen LogP) is 1.27. The molecule has 0 spiro atoms. The van der Waals surface area contributed by atoms with Crippen molar-refractivity contribution in [2.45, 2.75) is 30.2 Å². The zero-order valence-electron chi connectivity index (χ0n) is 9.91. The van der Waals surface area contributed by atoms with E-state index in [4.69, 9.17) is 16.7 Å². The van der Waals surface area contributed by atoms with Crippen LogP contribution < -0.4 is 4.72 Å². The zero-order valence-corrected chi connectivity index (χ0v) is 11.5. The summed E-state index contributed by atoms with van der Waals surface area (Å²) in [6, 6.07) is 2.20. The Balaban J connectivity index is 2.23. The molecular weight excluding hydrogens is 292 g/mol. The van der Waals surface area contributed by atoms with Crippen LogP contribution >= 0.6 is 11.6 Å². The summed E-state index contributed by atoms with van der Waals surface area (Å²) in [5, 5.41) is 8.91. The Bertz CT molecular complexity index is 590. The van der Waals surface area contributed by atoms with E-state index in [0.717, 1.165) is 0 Å². The molecule has 2 N–H and O–H groups in total. The second-order valence-electron chi connectivity index (χ2n) is 4.40. The van der Waals surface area contributed by atoms with Crippen LogP contribution in [0.4, 0.5) is 0 Å². The summed E-state index contributed by atoms with van der Waals surface area (Å²) in [7, 11) is -3.85. The minimum atomic E-state index is -3.85. The monoisotopic (exact) mass is 304 g/mol. The Morgan fingerprint density at radius 2 is 2.21 bits per heavy atom. The normalized spacial score (nSPS) is 23.4. The fraction of sp³-hybridized carbons (Fsp3) is 0.455. The minimum absolute atomic E-state index is 0.125. The molecule has 1 aromatic heterocycles. The number of aliphatic carboxylic acids is 1. The Hall–Kier alpha value is -1.18. The first kappa shape index (κ1) is 14.2. The molecule has 0 aliphatic heterocycles. The summed E-state index contributed by atoms with van der Waals surface area (Å²) in [4.78, 5) is 14.6. The molecular formula is C11H13ClN2O4S. The lowest BCUT2D eigenvalue weighted by Gasteiger charge is -2.17. The van der Waals surface area contributed by atoms with Gasteiger partial charge in [0.05, 0.1) is 5.92 Å². The molecule has 1 aliphatic carbocycles. The quantitative estimate of drug-likeness (QED) is 0.817. The molecule has 0 amide bonds. The highest BCUT2D eigenvalue weighted by atomic mass is 35.5. The van der Waals surface area contributed by atoms with Crippen LogP contribution in [0.25, 0.3) is 0 Å². The summed E-state index contributed by atoms with van der Waals surface area (Å²) in [5.41, 5.74) is 0. The van der Waals surface area contributed by atoms with Gasteiger partial charge in [-0.05, 0) is 25.0 Å². The highest BCUT2D eigenvalue weighted by Gasteiger charge is 2.36. The largest absolute Gasteiger partial charge is 0.481 e. The van der Waals surface area contributed by atoms with Gasteiger partial charge < -0.3 is 5.11 Å². The maximum absolute atomic E-state index is 12.1. The van der Waals surface area contributed by atoms with E-state index in [1.165, 1.54) is 18.3 Å². The molecule has 0 bridgehead atoms. The van der Waals surface area contributed by atoms with Gasteiger partial charge in [-0.1, -0.05) is 18.0 Å². The van der Waals surface area contributed by atoms with Gasteiger partial charge in [0.1, 0.15) is 10.0 Å². The lowest BCUT2D eigenvalue weighted by atomic mass is 10.1. The number of carboxylic acid groups (broad SMARTS) is 1. The number of aromatic nitrogens is 1. The SMILES string of the molecule is O=C(O)C1CCCC1NS(=O)(=O)c1cccnc1Cl. The molecule has 1 aromatic rings. The van der Waals surface area contributed by atoms with Gasteiger partial charge in [-0.25, -0.2) is 18.1 Å². The average Bonchev–Trinajstić information content (AvgIpc) is 2.76. The van der Waals surface area contributed by atoms with Crippen LogP contribution in [-0.4, -0.2) is 30.5 Å². The Morgan fingerprint density at radius 1 is 1.47 bits per heavy atom. The third kappa shape index (κ3) is 3.05. The Morgan fingerprint density at radius 3 is 2.84 bits per heavy atom. The molecule has 0 aromatic carbocycles. The van der Waals surface area contributed by atoms with E-state index in [1.807, 2.05) is 0 Å². The van der Waals surface area contributed by atoms with Crippen LogP contribution in [0.1, 0.15) is 19.3 Å². The van der Waals surface area contributed by atoms with Crippen molar-refractivity contribution in [1.82, 2.24) is 9.71 Å². The van der Waals surface area contributed by atoms with Gasteiger partial charge >= 0.3 is 5.97 Å². The number of carbonyl (C=O) groups is 1. The second-order valence-corrected chi connectivity index (χ2v) is 6.44. The maximum atomic E-state index is 12.1. The molecule has 0 radical (unpaired) electrons. The van der Waals surface area contributed by atoms with E-state index < -0.39 is 28.0 Å². The summed E-state index contributed by atoms with van der Waals surface area (Å²) < 4.78 is 26.7. The van der Waals surface area contributed by atoms with E-state index >= 15 is 0 Å². The first-order valence-corrected chi connectivity index (χ1v) is 7.63. The van der Waals surface area contributed by atoms with Crippen molar-refractivity contribution < 1.29 is 18.3 Å². The summed E-state index contributed by atoms with van der Waals surface area (Å²) in [5.74, 6) is -1.67. The number of halogens is 1. The molecule has 2 unspecified atom stereocenters. The number of hydrogen-bond acceptors (Lipinski definition) is 4. The van der Waals surface area contributed by atoms with E-state index in [-0.39, 0.29) is 10.0 Å². The van der Waals surface area contributed by atoms with E-state index in [2.05, 4.69) is 9.71 Å². The molecule has 2 atom stereocenters. The molecule has 1 saturated carbocycles. The van der Waals surface area contributed by atoms with Gasteiger partial charge in [-0.3, -0.25) is 4.79 Å². The number of rotatable bonds is 4. The van der Waals surface area contributed by atoms with Crippen molar-refractivity contribution in [2.75, 3.05) is 0 Å². The molecule has 8 heteroatoms. The summed E-state index contributed by atoms with van der Waals surface area (Å²) >= 11 is 5.75. The molecule has 0 saturated heterocycles. The van der Waals surface area contributed by atoms with Crippen molar-refractivity contribution in [3.63, 3.8) is 0 Å². The first-order chi connectivity index (χ1) is 8.92. The Kier molecular flexibility index (Phi) is 4.07. The van der Waals surface area contributed by atoms with Crippen LogP contribution in [0.5, 0.6) is 0 Å². The van der Waals surface area contributed by atoms with Crippen LogP contribution in [-0.2, 0) is 14.8 Å². The van der Waals surface area contributed by atoms with Gasteiger partial charge in [0.15, 0.2) is 0 Å². The van der Waals surface area contributed by atoms with Crippen LogP contribution in [0.3, 0.4) is 0 Å². The van der Waals surface area contributed by atoms with E-state index in [0.29, 0.717) is 19.3 Å².